The van der Waals surface area contributed by atoms with E-state index in [2.05, 4.69) is 16.4 Å². The summed E-state index contributed by atoms with van der Waals surface area (Å²) in [5, 5.41) is 6.01. The summed E-state index contributed by atoms with van der Waals surface area (Å²) in [6.07, 6.45) is 4.06. The second kappa shape index (κ2) is 4.14. The van der Waals surface area contributed by atoms with Gasteiger partial charge in [-0.3, -0.25) is 0 Å². The zero-order valence-corrected chi connectivity index (χ0v) is 9.59. The van der Waals surface area contributed by atoms with Gasteiger partial charge in [-0.1, -0.05) is 23.5 Å². The molecule has 2 aromatic rings. The van der Waals surface area contributed by atoms with Crippen molar-refractivity contribution in [3.63, 3.8) is 0 Å². The normalized spacial score (nSPS) is 14.0. The van der Waals surface area contributed by atoms with Gasteiger partial charge in [0.2, 0.25) is 0 Å². The Bertz CT molecular complexity index is 482. The van der Waals surface area contributed by atoms with E-state index in [9.17, 15) is 0 Å². The fourth-order valence-corrected chi connectivity index (χ4v) is 2.42. The lowest BCUT2D eigenvalue weighted by atomic mass is 10.0. The number of para-hydroxylation sites is 1. The van der Waals surface area contributed by atoms with Crippen molar-refractivity contribution >= 4 is 17.0 Å². The van der Waals surface area contributed by atoms with Gasteiger partial charge in [0.25, 0.3) is 5.19 Å². The third-order valence-electron chi connectivity index (χ3n) is 2.64. The number of hydrogen-bond acceptors (Lipinski definition) is 4. The molecule has 2 heterocycles. The number of rotatable bonds is 2. The van der Waals surface area contributed by atoms with Crippen LogP contribution in [0.4, 0.5) is 5.69 Å². The highest BCUT2D eigenvalue weighted by Crippen LogP contribution is 2.35. The Labute approximate surface area is 98.1 Å². The molecule has 0 bridgehead atoms. The highest BCUT2D eigenvalue weighted by Gasteiger charge is 2.14. The topological polar surface area (TPSA) is 34.1 Å². The monoisotopic (exact) mass is 232 g/mol. The molecule has 16 heavy (non-hydrogen) atoms. The summed E-state index contributed by atoms with van der Waals surface area (Å²) < 4.78 is 5.76. The molecule has 0 radical (unpaired) electrons. The van der Waals surface area contributed by atoms with Gasteiger partial charge in [0.05, 0.1) is 5.69 Å². The molecule has 0 saturated carbocycles. The number of aromatic nitrogens is 1. The molecule has 3 nitrogen and oxygen atoms in total. The number of aryl methyl sites for hydroxylation is 1. The van der Waals surface area contributed by atoms with Crippen molar-refractivity contribution in [3.05, 3.63) is 35.3 Å². The maximum atomic E-state index is 5.76. The van der Waals surface area contributed by atoms with Gasteiger partial charge < -0.3 is 10.1 Å². The van der Waals surface area contributed by atoms with Crippen LogP contribution >= 0.6 is 11.3 Å². The first-order chi connectivity index (χ1) is 7.93. The van der Waals surface area contributed by atoms with Gasteiger partial charge in [0.1, 0.15) is 0 Å². The number of benzene rings is 1. The molecule has 0 atom stereocenters. The largest absolute Gasteiger partial charge is 0.429 e. The second-order valence-corrected chi connectivity index (χ2v) is 4.58. The smallest absolute Gasteiger partial charge is 0.278 e. The molecule has 0 aliphatic carbocycles. The summed E-state index contributed by atoms with van der Waals surface area (Å²) >= 11 is 1.51. The minimum atomic E-state index is 0.695. The Morgan fingerprint density at radius 1 is 1.38 bits per heavy atom. The van der Waals surface area contributed by atoms with Gasteiger partial charge in [0, 0.05) is 18.1 Å². The lowest BCUT2D eigenvalue weighted by Crippen LogP contribution is -2.12. The summed E-state index contributed by atoms with van der Waals surface area (Å²) in [6.45, 7) is 1.02. The molecule has 1 aliphatic rings. The summed E-state index contributed by atoms with van der Waals surface area (Å²) in [6, 6.07) is 6.17. The highest BCUT2D eigenvalue weighted by atomic mass is 32.1. The number of ether oxygens (including phenoxy) is 1. The van der Waals surface area contributed by atoms with Crippen LogP contribution in [0.2, 0.25) is 0 Å². The average molecular weight is 232 g/mol. The van der Waals surface area contributed by atoms with Crippen LogP contribution in [0.5, 0.6) is 10.9 Å². The van der Waals surface area contributed by atoms with E-state index in [4.69, 9.17) is 4.74 Å². The number of nitrogens with zero attached hydrogens (tertiary/aromatic N) is 1. The van der Waals surface area contributed by atoms with E-state index in [-0.39, 0.29) is 0 Å². The van der Waals surface area contributed by atoms with Crippen LogP contribution in [0.25, 0.3) is 0 Å². The van der Waals surface area contributed by atoms with E-state index >= 15 is 0 Å². The zero-order valence-electron chi connectivity index (χ0n) is 8.77. The van der Waals surface area contributed by atoms with E-state index in [1.165, 1.54) is 23.3 Å². The molecule has 1 aromatic carbocycles. The minimum Gasteiger partial charge on any atom is -0.429 e. The number of hydrogen-bond donors (Lipinski definition) is 1. The maximum absolute atomic E-state index is 5.76. The van der Waals surface area contributed by atoms with E-state index in [0.29, 0.717) is 5.19 Å². The predicted octanol–water partition coefficient (Wildman–Crippen LogP) is 3.29. The first-order valence-electron chi connectivity index (χ1n) is 5.36. The van der Waals surface area contributed by atoms with E-state index in [0.717, 1.165) is 24.4 Å². The van der Waals surface area contributed by atoms with Crippen LogP contribution in [0, 0.1) is 0 Å². The van der Waals surface area contributed by atoms with Gasteiger partial charge >= 0.3 is 0 Å². The van der Waals surface area contributed by atoms with Crippen molar-refractivity contribution in [1.82, 2.24) is 4.98 Å². The van der Waals surface area contributed by atoms with E-state index in [1.807, 2.05) is 17.5 Å². The van der Waals surface area contributed by atoms with E-state index in [1.54, 1.807) is 6.20 Å². The molecule has 0 fully saturated rings. The van der Waals surface area contributed by atoms with Crippen LogP contribution < -0.4 is 10.1 Å². The summed E-state index contributed by atoms with van der Waals surface area (Å²) in [5.74, 6) is 0.882. The van der Waals surface area contributed by atoms with Crippen LogP contribution in [-0.4, -0.2) is 11.5 Å². The molecule has 1 aromatic heterocycles. The fourth-order valence-electron chi connectivity index (χ4n) is 1.92. The Hall–Kier alpha value is -1.55. The lowest BCUT2D eigenvalue weighted by Gasteiger charge is -2.20. The molecule has 0 unspecified atom stereocenters. The molecule has 1 N–H and O–H groups in total. The minimum absolute atomic E-state index is 0.695. The molecule has 1 aliphatic heterocycles. The molecular weight excluding hydrogens is 220 g/mol. The van der Waals surface area contributed by atoms with Crippen LogP contribution in [-0.2, 0) is 6.42 Å². The van der Waals surface area contributed by atoms with Crippen LogP contribution in [0.3, 0.4) is 0 Å². The van der Waals surface area contributed by atoms with Crippen LogP contribution in [0.1, 0.15) is 12.0 Å². The zero-order chi connectivity index (χ0) is 10.8. The first-order valence-corrected chi connectivity index (χ1v) is 6.24. The standard InChI is InChI=1S/C12H12N2OS/c1-3-9-4-2-6-13-11(9)10(5-1)15-12-14-7-8-16-12/h1,3,5,7-8,13H,2,4,6H2. The predicted molar refractivity (Wildman–Crippen MR) is 65.4 cm³/mol. The molecule has 4 heteroatoms. The number of nitrogens with one attached hydrogen (secondary N) is 1. The lowest BCUT2D eigenvalue weighted by molar-refractivity contribution is 0.479. The van der Waals surface area contributed by atoms with Crippen molar-refractivity contribution in [2.45, 2.75) is 12.8 Å². The highest BCUT2D eigenvalue weighted by molar-refractivity contribution is 7.11. The Kier molecular flexibility index (Phi) is 2.50. The summed E-state index contributed by atoms with van der Waals surface area (Å²) in [5.41, 5.74) is 2.46. The van der Waals surface area contributed by atoms with Crippen molar-refractivity contribution in [1.29, 1.82) is 0 Å². The molecule has 3 rings (SSSR count). The first kappa shape index (κ1) is 9.66. The molecule has 0 amide bonds. The third-order valence-corrected chi connectivity index (χ3v) is 3.29. The van der Waals surface area contributed by atoms with Gasteiger partial charge in [0.15, 0.2) is 5.75 Å². The Morgan fingerprint density at radius 2 is 2.38 bits per heavy atom. The number of anilines is 1. The number of fused-ring (bicyclic) bond motifs is 1. The average Bonchev–Trinajstić information content (AvgIpc) is 2.82. The Morgan fingerprint density at radius 3 is 3.25 bits per heavy atom. The van der Waals surface area contributed by atoms with Gasteiger partial charge in [-0.25, -0.2) is 4.98 Å². The van der Waals surface area contributed by atoms with Gasteiger partial charge in [-0.2, -0.15) is 0 Å². The molecule has 82 valence electrons. The van der Waals surface area contributed by atoms with Crippen LogP contribution in [0.15, 0.2) is 29.8 Å². The number of thiazole rings is 1. The van der Waals surface area contributed by atoms with Gasteiger partial charge in [-0.15, -0.1) is 0 Å². The molecular formula is C12H12N2OS. The summed E-state index contributed by atoms with van der Waals surface area (Å²) in [4.78, 5) is 4.13. The second-order valence-electron chi connectivity index (χ2n) is 3.72. The summed E-state index contributed by atoms with van der Waals surface area (Å²) in [7, 11) is 0. The maximum Gasteiger partial charge on any atom is 0.278 e. The SMILES string of the molecule is c1cc2c(c(Oc3nccs3)c1)NCCC2. The van der Waals surface area contributed by atoms with Crippen molar-refractivity contribution in [2.75, 3.05) is 11.9 Å². The Balaban J connectivity index is 1.94. The van der Waals surface area contributed by atoms with E-state index < -0.39 is 0 Å². The van der Waals surface area contributed by atoms with Crippen molar-refractivity contribution in [3.8, 4) is 10.9 Å². The fraction of sp³-hybridized carbons (Fsp3) is 0.250. The molecule has 0 spiro atoms. The molecule has 0 saturated heterocycles. The quantitative estimate of drug-likeness (QED) is 0.862. The van der Waals surface area contributed by atoms with Gasteiger partial charge in [-0.05, 0) is 24.5 Å². The van der Waals surface area contributed by atoms with Crippen molar-refractivity contribution < 1.29 is 4.74 Å². The van der Waals surface area contributed by atoms with Crippen molar-refractivity contribution in [2.24, 2.45) is 0 Å². The third kappa shape index (κ3) is 1.76.